The van der Waals surface area contributed by atoms with Gasteiger partial charge in [0.05, 0.1) is 18.6 Å². The molecule has 220 valence electrons. The van der Waals surface area contributed by atoms with Crippen molar-refractivity contribution in [2.45, 2.75) is 45.7 Å². The van der Waals surface area contributed by atoms with E-state index >= 15 is 0 Å². The maximum absolute atomic E-state index is 14.1. The number of ether oxygens (including phenoxy) is 1. The van der Waals surface area contributed by atoms with Crippen molar-refractivity contribution in [1.82, 2.24) is 10.2 Å². The molecule has 1 unspecified atom stereocenters. The van der Waals surface area contributed by atoms with Gasteiger partial charge in [0.25, 0.3) is 0 Å². The molecule has 0 aliphatic heterocycles. The molecule has 3 aromatic carbocycles. The maximum atomic E-state index is 14.1. The van der Waals surface area contributed by atoms with E-state index in [1.54, 1.807) is 43.3 Å². The van der Waals surface area contributed by atoms with Gasteiger partial charge in [-0.05, 0) is 48.7 Å². The van der Waals surface area contributed by atoms with Crippen LogP contribution in [0.25, 0.3) is 0 Å². The summed E-state index contributed by atoms with van der Waals surface area (Å²) in [6.07, 6.45) is 2.88. The quantitative estimate of drug-likeness (QED) is 0.265. The summed E-state index contributed by atoms with van der Waals surface area (Å²) in [5, 5.41) is 2.93. The molecular weight excluding hydrogens is 545 g/mol. The van der Waals surface area contributed by atoms with E-state index in [1.807, 2.05) is 37.3 Å². The summed E-state index contributed by atoms with van der Waals surface area (Å²) in [6.45, 7) is 3.95. The number of carbonyl (C=O) groups is 2. The number of nitrogens with zero attached hydrogens (tertiary/aromatic N) is 2. The molecule has 0 heterocycles. The van der Waals surface area contributed by atoms with Crippen molar-refractivity contribution < 1.29 is 27.1 Å². The number of halogens is 1. The molecule has 0 spiro atoms. The van der Waals surface area contributed by atoms with Gasteiger partial charge in [0.1, 0.15) is 24.2 Å². The number of nitrogens with one attached hydrogen (secondary N) is 1. The lowest BCUT2D eigenvalue weighted by Crippen LogP contribution is -2.53. The third-order valence-corrected chi connectivity index (χ3v) is 7.61. The van der Waals surface area contributed by atoms with E-state index < -0.39 is 34.3 Å². The Morgan fingerprint density at radius 2 is 1.59 bits per heavy atom. The molecule has 0 radical (unpaired) electrons. The standard InChI is InChI=1S/C31H38FN3O5S/c1-4-6-20-33-31(37)28(21-24-12-8-7-9-13-24)34(22-25-16-18-26(32)19-17-25)30(36)23-35(41(3,38)39)27-14-10-11-15-29(27)40-5-2/h7-19,28H,4-6,20-23H2,1-3H3,(H,33,37). The molecule has 3 aromatic rings. The van der Waals surface area contributed by atoms with Crippen LogP contribution in [0.4, 0.5) is 10.1 Å². The summed E-state index contributed by atoms with van der Waals surface area (Å²) in [7, 11) is -3.93. The van der Waals surface area contributed by atoms with Crippen LogP contribution in [0, 0.1) is 5.82 Å². The Morgan fingerprint density at radius 3 is 2.22 bits per heavy atom. The van der Waals surface area contributed by atoms with Crippen LogP contribution >= 0.6 is 0 Å². The van der Waals surface area contributed by atoms with Gasteiger partial charge in [0.15, 0.2) is 0 Å². The normalized spacial score (nSPS) is 11.9. The van der Waals surface area contributed by atoms with Crippen LogP contribution in [0.2, 0.25) is 0 Å². The highest BCUT2D eigenvalue weighted by molar-refractivity contribution is 7.92. The molecule has 2 amide bonds. The number of unbranched alkanes of at least 4 members (excludes halogenated alkanes) is 1. The minimum atomic E-state index is -3.93. The summed E-state index contributed by atoms with van der Waals surface area (Å²) in [6, 6.07) is 20.6. The maximum Gasteiger partial charge on any atom is 0.244 e. The van der Waals surface area contributed by atoms with Crippen LogP contribution in [0.15, 0.2) is 78.9 Å². The van der Waals surface area contributed by atoms with E-state index in [1.165, 1.54) is 17.0 Å². The first kappa shape index (κ1) is 31.6. The number of sulfonamides is 1. The van der Waals surface area contributed by atoms with Crippen molar-refractivity contribution in [2.24, 2.45) is 0 Å². The van der Waals surface area contributed by atoms with Crippen LogP contribution < -0.4 is 14.4 Å². The number of benzene rings is 3. The molecule has 3 rings (SSSR count). The molecule has 0 aliphatic rings. The third kappa shape index (κ3) is 9.31. The number of hydrogen-bond donors (Lipinski definition) is 1. The Kier molecular flexibility index (Phi) is 11.7. The number of carbonyl (C=O) groups excluding carboxylic acids is 2. The van der Waals surface area contributed by atoms with Crippen molar-refractivity contribution >= 4 is 27.5 Å². The van der Waals surface area contributed by atoms with E-state index in [0.29, 0.717) is 24.5 Å². The van der Waals surface area contributed by atoms with E-state index in [4.69, 9.17) is 4.74 Å². The van der Waals surface area contributed by atoms with Gasteiger partial charge in [-0.1, -0.05) is 67.9 Å². The van der Waals surface area contributed by atoms with Gasteiger partial charge < -0.3 is 15.0 Å². The van der Waals surface area contributed by atoms with Gasteiger partial charge in [-0.25, -0.2) is 12.8 Å². The second-order valence-corrected chi connectivity index (χ2v) is 11.6. The molecular formula is C31H38FN3O5S. The number of anilines is 1. The molecule has 1 N–H and O–H groups in total. The predicted octanol–water partition coefficient (Wildman–Crippen LogP) is 4.55. The van der Waals surface area contributed by atoms with E-state index in [9.17, 15) is 22.4 Å². The Bertz CT molecular complexity index is 1380. The molecule has 0 fully saturated rings. The van der Waals surface area contributed by atoms with Crippen LogP contribution in [0.3, 0.4) is 0 Å². The van der Waals surface area contributed by atoms with Crippen molar-refractivity contribution in [1.29, 1.82) is 0 Å². The molecule has 10 heteroatoms. The number of para-hydroxylation sites is 2. The summed E-state index contributed by atoms with van der Waals surface area (Å²) in [5.41, 5.74) is 1.65. The van der Waals surface area contributed by atoms with Crippen molar-refractivity contribution in [3.63, 3.8) is 0 Å². The first-order chi connectivity index (χ1) is 19.6. The first-order valence-corrected chi connectivity index (χ1v) is 15.5. The first-order valence-electron chi connectivity index (χ1n) is 13.7. The monoisotopic (exact) mass is 583 g/mol. The Morgan fingerprint density at radius 1 is 0.927 bits per heavy atom. The van der Waals surface area contributed by atoms with Crippen LogP contribution in [-0.2, 0) is 32.6 Å². The molecule has 8 nitrogen and oxygen atoms in total. The van der Waals surface area contributed by atoms with Gasteiger partial charge in [0.2, 0.25) is 21.8 Å². The third-order valence-electron chi connectivity index (χ3n) is 6.48. The molecule has 0 saturated heterocycles. The van der Waals surface area contributed by atoms with Crippen molar-refractivity contribution in [3.8, 4) is 5.75 Å². The SMILES string of the molecule is CCCCNC(=O)C(Cc1ccccc1)N(Cc1ccc(F)cc1)C(=O)CN(c1ccccc1OCC)S(C)(=O)=O. The molecule has 0 aliphatic carbocycles. The fourth-order valence-corrected chi connectivity index (χ4v) is 5.24. The van der Waals surface area contributed by atoms with Gasteiger partial charge in [0, 0.05) is 19.5 Å². The Balaban J connectivity index is 2.05. The fraction of sp³-hybridized carbons (Fsp3) is 0.355. The molecule has 41 heavy (non-hydrogen) atoms. The largest absolute Gasteiger partial charge is 0.492 e. The lowest BCUT2D eigenvalue weighted by molar-refractivity contribution is -0.140. The number of amides is 2. The Hall–Kier alpha value is -3.92. The van der Waals surface area contributed by atoms with Gasteiger partial charge >= 0.3 is 0 Å². The minimum absolute atomic E-state index is 0.0253. The lowest BCUT2D eigenvalue weighted by atomic mass is 10.0. The summed E-state index contributed by atoms with van der Waals surface area (Å²) in [5.74, 6) is -1.05. The predicted molar refractivity (Wildman–Crippen MR) is 159 cm³/mol. The summed E-state index contributed by atoms with van der Waals surface area (Å²) >= 11 is 0. The average Bonchev–Trinajstić information content (AvgIpc) is 2.95. The minimum Gasteiger partial charge on any atom is -0.492 e. The smallest absolute Gasteiger partial charge is 0.244 e. The topological polar surface area (TPSA) is 96.0 Å². The van der Waals surface area contributed by atoms with Gasteiger partial charge in [-0.15, -0.1) is 0 Å². The van der Waals surface area contributed by atoms with Crippen molar-refractivity contribution in [3.05, 3.63) is 95.8 Å². The Labute approximate surface area is 242 Å². The number of rotatable bonds is 15. The van der Waals surface area contributed by atoms with Gasteiger partial charge in [-0.2, -0.15) is 0 Å². The van der Waals surface area contributed by atoms with E-state index in [2.05, 4.69) is 5.32 Å². The number of hydrogen-bond acceptors (Lipinski definition) is 5. The van der Waals surface area contributed by atoms with E-state index in [-0.39, 0.29) is 24.6 Å². The lowest BCUT2D eigenvalue weighted by Gasteiger charge is -2.33. The van der Waals surface area contributed by atoms with Gasteiger partial charge in [-0.3, -0.25) is 13.9 Å². The highest BCUT2D eigenvalue weighted by Crippen LogP contribution is 2.30. The second-order valence-electron chi connectivity index (χ2n) is 9.67. The van der Waals surface area contributed by atoms with E-state index in [0.717, 1.165) is 29.0 Å². The van der Waals surface area contributed by atoms with Crippen molar-refractivity contribution in [2.75, 3.05) is 30.3 Å². The van der Waals surface area contributed by atoms with Crippen LogP contribution in [0.1, 0.15) is 37.8 Å². The van der Waals surface area contributed by atoms with Crippen LogP contribution in [0.5, 0.6) is 5.75 Å². The highest BCUT2D eigenvalue weighted by Gasteiger charge is 2.33. The van der Waals surface area contributed by atoms with Crippen LogP contribution in [-0.4, -0.2) is 57.1 Å². The zero-order valence-electron chi connectivity index (χ0n) is 23.8. The summed E-state index contributed by atoms with van der Waals surface area (Å²) in [4.78, 5) is 29.1. The zero-order valence-corrected chi connectivity index (χ0v) is 24.6. The molecule has 1 atom stereocenters. The highest BCUT2D eigenvalue weighted by atomic mass is 32.2. The fourth-order valence-electron chi connectivity index (χ4n) is 4.38. The second kappa shape index (κ2) is 15.2. The zero-order chi connectivity index (χ0) is 29.8. The average molecular weight is 584 g/mol. The summed E-state index contributed by atoms with van der Waals surface area (Å²) < 4.78 is 46.3. The molecule has 0 saturated carbocycles. The molecule has 0 aromatic heterocycles. The molecule has 0 bridgehead atoms.